The molecule has 1 aliphatic carbocycles. The van der Waals surface area contributed by atoms with Crippen molar-refractivity contribution >= 4 is 22.6 Å². The summed E-state index contributed by atoms with van der Waals surface area (Å²) in [6, 6.07) is 18.2. The van der Waals surface area contributed by atoms with Gasteiger partial charge in [-0.05, 0) is 61.1 Å². The highest BCUT2D eigenvalue weighted by atomic mass is 16.5. The van der Waals surface area contributed by atoms with E-state index in [-0.39, 0.29) is 23.9 Å². The highest BCUT2D eigenvalue weighted by Gasteiger charge is 2.28. The average Bonchev–Trinajstić information content (AvgIpc) is 2.89. The van der Waals surface area contributed by atoms with Crippen LogP contribution < -0.4 is 15.4 Å². The smallest absolute Gasteiger partial charge is 0.308 e. The van der Waals surface area contributed by atoms with Crippen LogP contribution in [0.4, 0.5) is 0 Å². The van der Waals surface area contributed by atoms with Crippen molar-refractivity contribution in [3.05, 3.63) is 71.9 Å². The Balaban J connectivity index is 1.15. The molecule has 0 spiro atoms. The molecule has 1 saturated carbocycles. The van der Waals surface area contributed by atoms with Crippen molar-refractivity contribution in [1.29, 1.82) is 0 Å². The predicted octanol–water partition coefficient (Wildman–Crippen LogP) is 4.26. The summed E-state index contributed by atoms with van der Waals surface area (Å²) in [4.78, 5) is 28.6. The lowest BCUT2D eigenvalue weighted by molar-refractivity contribution is -0.149. The van der Waals surface area contributed by atoms with Gasteiger partial charge in [-0.25, -0.2) is 4.98 Å². The minimum atomic E-state index is -0.161. The topological polar surface area (TPSA) is 89.5 Å². The molecule has 184 valence electrons. The molecule has 1 fully saturated rings. The van der Waals surface area contributed by atoms with E-state index in [9.17, 15) is 9.59 Å². The summed E-state index contributed by atoms with van der Waals surface area (Å²) in [5.74, 6) is 0.198. The number of pyridine rings is 1. The zero-order valence-electron chi connectivity index (χ0n) is 20.2. The van der Waals surface area contributed by atoms with Crippen molar-refractivity contribution in [2.75, 3.05) is 19.7 Å². The third-order valence-electron chi connectivity index (χ3n) is 6.31. The number of rotatable bonds is 10. The first-order chi connectivity index (χ1) is 17.1. The number of amides is 1. The Labute approximate surface area is 206 Å². The lowest BCUT2D eigenvalue weighted by atomic mass is 9.87. The first-order valence-corrected chi connectivity index (χ1v) is 12.4. The molecule has 0 radical (unpaired) electrons. The highest BCUT2D eigenvalue weighted by molar-refractivity contribution is 5.93. The van der Waals surface area contributed by atoms with E-state index in [1.165, 1.54) is 22.5 Å². The van der Waals surface area contributed by atoms with E-state index in [4.69, 9.17) is 9.47 Å². The lowest BCUT2D eigenvalue weighted by Gasteiger charge is -2.27. The van der Waals surface area contributed by atoms with Crippen molar-refractivity contribution < 1.29 is 19.1 Å². The second kappa shape index (κ2) is 12.3. The fourth-order valence-electron chi connectivity index (χ4n) is 4.38. The number of hydrogen-bond acceptors (Lipinski definition) is 6. The Morgan fingerprint density at radius 3 is 2.51 bits per heavy atom. The van der Waals surface area contributed by atoms with Crippen molar-refractivity contribution in [2.45, 2.75) is 45.3 Å². The van der Waals surface area contributed by atoms with Gasteiger partial charge in [-0.3, -0.25) is 9.59 Å². The first kappa shape index (κ1) is 24.7. The number of nitrogens with zero attached hydrogens (tertiary/aromatic N) is 1. The van der Waals surface area contributed by atoms with Gasteiger partial charge in [0.1, 0.15) is 6.10 Å². The number of esters is 1. The summed E-state index contributed by atoms with van der Waals surface area (Å²) < 4.78 is 11.1. The molecule has 2 aromatic carbocycles. The summed E-state index contributed by atoms with van der Waals surface area (Å²) in [6.45, 7) is 4.18. The summed E-state index contributed by atoms with van der Waals surface area (Å²) >= 11 is 0. The molecule has 35 heavy (non-hydrogen) atoms. The molecule has 3 aromatic rings. The van der Waals surface area contributed by atoms with Gasteiger partial charge in [-0.2, -0.15) is 0 Å². The molecule has 0 saturated heterocycles. The van der Waals surface area contributed by atoms with Crippen LogP contribution in [-0.4, -0.2) is 42.7 Å². The fourth-order valence-corrected chi connectivity index (χ4v) is 4.38. The lowest BCUT2D eigenvalue weighted by Crippen LogP contribution is -2.31. The maximum Gasteiger partial charge on any atom is 0.308 e. The van der Waals surface area contributed by atoms with E-state index in [0.717, 1.165) is 32.2 Å². The minimum absolute atomic E-state index is 0.0292. The third-order valence-corrected chi connectivity index (χ3v) is 6.31. The Bertz CT molecular complexity index is 1120. The molecule has 4 rings (SSSR count). The molecule has 2 N–H and O–H groups in total. The largest absolute Gasteiger partial charge is 0.474 e. The number of hydrogen-bond donors (Lipinski definition) is 2. The second-order valence-electron chi connectivity index (χ2n) is 8.84. The summed E-state index contributed by atoms with van der Waals surface area (Å²) in [5.41, 5.74) is 1.71. The number of benzene rings is 2. The molecule has 0 bridgehead atoms. The maximum absolute atomic E-state index is 12.4. The van der Waals surface area contributed by atoms with Crippen molar-refractivity contribution in [1.82, 2.24) is 15.6 Å². The summed E-state index contributed by atoms with van der Waals surface area (Å²) in [6.07, 6.45) is 4.68. The van der Waals surface area contributed by atoms with Crippen LogP contribution in [0.1, 0.15) is 48.5 Å². The van der Waals surface area contributed by atoms with Crippen LogP contribution in [0.5, 0.6) is 5.88 Å². The van der Waals surface area contributed by atoms with E-state index < -0.39 is 0 Å². The fraction of sp³-hybridized carbons (Fsp3) is 0.393. The van der Waals surface area contributed by atoms with Crippen LogP contribution in [0.25, 0.3) is 10.8 Å². The number of nitrogens with one attached hydrogen (secondary N) is 2. The van der Waals surface area contributed by atoms with E-state index >= 15 is 0 Å². The van der Waals surface area contributed by atoms with Crippen LogP contribution in [0.3, 0.4) is 0 Å². The Kier molecular flexibility index (Phi) is 8.68. The van der Waals surface area contributed by atoms with Gasteiger partial charge in [-0.15, -0.1) is 0 Å². The molecule has 7 nitrogen and oxygen atoms in total. The number of ether oxygens (including phenoxy) is 2. The molecule has 0 aliphatic heterocycles. The Morgan fingerprint density at radius 1 is 0.971 bits per heavy atom. The minimum Gasteiger partial charge on any atom is -0.474 e. The van der Waals surface area contributed by atoms with Gasteiger partial charge in [0.15, 0.2) is 0 Å². The van der Waals surface area contributed by atoms with Crippen molar-refractivity contribution in [2.24, 2.45) is 5.92 Å². The van der Waals surface area contributed by atoms with Crippen molar-refractivity contribution in [3.63, 3.8) is 0 Å². The molecule has 1 aliphatic rings. The van der Waals surface area contributed by atoms with Crippen LogP contribution in [0.2, 0.25) is 0 Å². The maximum atomic E-state index is 12.4. The van der Waals surface area contributed by atoms with E-state index in [2.05, 4.69) is 45.9 Å². The average molecular weight is 476 g/mol. The van der Waals surface area contributed by atoms with E-state index in [1.54, 1.807) is 12.1 Å². The van der Waals surface area contributed by atoms with Crippen LogP contribution in [0, 0.1) is 5.92 Å². The number of carbonyl (C=O) groups excluding carboxylic acids is 2. The molecule has 0 atom stereocenters. The first-order valence-electron chi connectivity index (χ1n) is 12.4. The molecule has 1 amide bonds. The van der Waals surface area contributed by atoms with Gasteiger partial charge in [-0.1, -0.05) is 36.4 Å². The van der Waals surface area contributed by atoms with Gasteiger partial charge in [0.05, 0.1) is 18.1 Å². The zero-order valence-corrected chi connectivity index (χ0v) is 20.2. The van der Waals surface area contributed by atoms with Crippen molar-refractivity contribution in [3.8, 4) is 5.88 Å². The normalized spacial score (nSPS) is 17.6. The summed E-state index contributed by atoms with van der Waals surface area (Å²) in [5, 5.41) is 8.74. The van der Waals surface area contributed by atoms with Crippen LogP contribution in [-0.2, 0) is 16.1 Å². The van der Waals surface area contributed by atoms with E-state index in [1.807, 2.05) is 19.1 Å². The predicted molar refractivity (Wildman–Crippen MR) is 135 cm³/mol. The molecule has 1 heterocycles. The summed E-state index contributed by atoms with van der Waals surface area (Å²) in [7, 11) is 0. The van der Waals surface area contributed by atoms with Crippen LogP contribution >= 0.6 is 0 Å². The standard InChI is InChI=1S/C28H33N3O4/c1-2-34-28(33)22-9-12-25(13-10-22)35-26-14-11-24(19-31-26)27(32)30-16-15-29-18-20-7-8-21-5-3-4-6-23(21)17-20/h3-8,11,14,17,19,22,25,29H,2,9-10,12-13,15-16,18H2,1H3,(H,30,32). The van der Waals surface area contributed by atoms with Crippen LogP contribution in [0.15, 0.2) is 60.8 Å². The Morgan fingerprint density at radius 2 is 1.77 bits per heavy atom. The molecular weight excluding hydrogens is 442 g/mol. The quantitative estimate of drug-likeness (QED) is 0.337. The third kappa shape index (κ3) is 7.02. The highest BCUT2D eigenvalue weighted by Crippen LogP contribution is 2.28. The molecule has 7 heteroatoms. The van der Waals surface area contributed by atoms with Gasteiger partial charge in [0.2, 0.25) is 5.88 Å². The Hall–Kier alpha value is -3.45. The molecule has 0 unspecified atom stereocenters. The van der Waals surface area contributed by atoms with Gasteiger partial charge >= 0.3 is 5.97 Å². The number of aromatic nitrogens is 1. The van der Waals surface area contributed by atoms with E-state index in [0.29, 0.717) is 31.1 Å². The van der Waals surface area contributed by atoms with Gasteiger partial charge < -0.3 is 20.1 Å². The van der Waals surface area contributed by atoms with Gasteiger partial charge in [0, 0.05) is 31.9 Å². The second-order valence-corrected chi connectivity index (χ2v) is 8.84. The van der Waals surface area contributed by atoms with Gasteiger partial charge in [0.25, 0.3) is 5.91 Å². The monoisotopic (exact) mass is 475 g/mol. The SMILES string of the molecule is CCOC(=O)C1CCC(Oc2ccc(C(=O)NCCNCc3ccc4ccccc4c3)cn2)CC1. The zero-order chi connectivity index (χ0) is 24.5. The molecule has 1 aromatic heterocycles. The molecular formula is C28H33N3O4. The number of carbonyl (C=O) groups is 2. The number of fused-ring (bicyclic) bond motifs is 1.